The first-order valence-electron chi connectivity index (χ1n) is 10.4. The second-order valence-electron chi connectivity index (χ2n) is 7.61. The highest BCUT2D eigenvalue weighted by Gasteiger charge is 2.29. The van der Waals surface area contributed by atoms with Crippen molar-refractivity contribution in [2.75, 3.05) is 18.9 Å². The van der Waals surface area contributed by atoms with Crippen LogP contribution in [0.3, 0.4) is 0 Å². The van der Waals surface area contributed by atoms with Gasteiger partial charge in [-0.1, -0.05) is 6.07 Å². The molecule has 3 aromatic heterocycles. The Morgan fingerprint density at radius 3 is 2.37 bits per heavy atom. The number of aryl methyl sites for hydroxylation is 1. The minimum absolute atomic E-state index is 0.0485. The number of nitrogens with one attached hydrogen (secondary N) is 2. The summed E-state index contributed by atoms with van der Waals surface area (Å²) in [4.78, 5) is 7.68. The molecule has 1 atom stereocenters. The third kappa shape index (κ3) is 4.91. The van der Waals surface area contributed by atoms with E-state index in [1.54, 1.807) is 24.3 Å². The standard InChI is InChI=1S/C21H23FN8O4S/c1-12-8-15(26-25-12)20-27-28-21(30(20)19-16(33-3)6-5-7-17(19)34-4)29-35(31,32)13(2)9-18-23-10-14(22)11-24-18/h5-8,10-11,13H,9H2,1-4H3,(H,25,26)(H,28,29)/t13-/m1/s1. The molecule has 0 saturated carbocycles. The van der Waals surface area contributed by atoms with Gasteiger partial charge in [0, 0.05) is 12.1 Å². The molecule has 0 saturated heterocycles. The number of hydrogen-bond donors (Lipinski definition) is 2. The van der Waals surface area contributed by atoms with Gasteiger partial charge < -0.3 is 9.47 Å². The van der Waals surface area contributed by atoms with Gasteiger partial charge in [-0.15, -0.1) is 10.2 Å². The molecule has 0 aliphatic carbocycles. The van der Waals surface area contributed by atoms with Crippen molar-refractivity contribution < 1.29 is 22.3 Å². The Hall–Kier alpha value is -4.07. The van der Waals surface area contributed by atoms with Crippen LogP contribution in [0.1, 0.15) is 18.4 Å². The molecule has 0 amide bonds. The van der Waals surface area contributed by atoms with Gasteiger partial charge in [-0.05, 0) is 32.0 Å². The van der Waals surface area contributed by atoms with Gasteiger partial charge in [-0.25, -0.2) is 22.8 Å². The number of anilines is 1. The Labute approximate surface area is 200 Å². The van der Waals surface area contributed by atoms with Crippen LogP contribution in [0.15, 0.2) is 36.7 Å². The van der Waals surface area contributed by atoms with Gasteiger partial charge in [0.1, 0.15) is 28.7 Å². The lowest BCUT2D eigenvalue weighted by Crippen LogP contribution is -2.29. The number of benzene rings is 1. The summed E-state index contributed by atoms with van der Waals surface area (Å²) in [6.45, 7) is 3.31. The van der Waals surface area contributed by atoms with E-state index in [1.807, 2.05) is 6.92 Å². The molecule has 12 nitrogen and oxygen atoms in total. The molecule has 2 N–H and O–H groups in total. The summed E-state index contributed by atoms with van der Waals surface area (Å²) in [6.07, 6.45) is 1.92. The molecule has 3 heterocycles. The largest absolute Gasteiger partial charge is 0.494 e. The van der Waals surface area contributed by atoms with Crippen molar-refractivity contribution in [2.45, 2.75) is 25.5 Å². The highest BCUT2D eigenvalue weighted by Crippen LogP contribution is 2.37. The maximum Gasteiger partial charge on any atom is 0.243 e. The van der Waals surface area contributed by atoms with E-state index >= 15 is 0 Å². The number of sulfonamides is 1. The fourth-order valence-electron chi connectivity index (χ4n) is 3.35. The molecule has 0 bridgehead atoms. The summed E-state index contributed by atoms with van der Waals surface area (Å²) in [5.41, 5.74) is 1.59. The highest BCUT2D eigenvalue weighted by molar-refractivity contribution is 7.93. The van der Waals surface area contributed by atoms with Crippen LogP contribution in [-0.2, 0) is 16.4 Å². The van der Waals surface area contributed by atoms with Gasteiger partial charge in [0.25, 0.3) is 0 Å². The van der Waals surface area contributed by atoms with Crippen molar-refractivity contribution in [3.05, 3.63) is 54.0 Å². The molecule has 0 aliphatic heterocycles. The fraction of sp³-hybridized carbons (Fsp3) is 0.286. The lowest BCUT2D eigenvalue weighted by atomic mass is 10.2. The SMILES string of the molecule is COc1cccc(OC)c1-n1c(NS(=O)(=O)[C@H](C)Cc2ncc(F)cn2)nnc1-c1cc(C)[nH]n1. The van der Waals surface area contributed by atoms with Gasteiger partial charge in [0.05, 0.1) is 31.9 Å². The van der Waals surface area contributed by atoms with Gasteiger partial charge in [-0.3, -0.25) is 14.4 Å². The number of aromatic amines is 1. The van der Waals surface area contributed by atoms with E-state index in [9.17, 15) is 12.8 Å². The number of para-hydroxylation sites is 1. The third-order valence-electron chi connectivity index (χ3n) is 5.13. The van der Waals surface area contributed by atoms with Crippen LogP contribution in [0, 0.1) is 12.7 Å². The minimum atomic E-state index is -4.01. The first-order valence-corrected chi connectivity index (χ1v) is 11.9. The minimum Gasteiger partial charge on any atom is -0.494 e. The Morgan fingerprint density at radius 2 is 1.80 bits per heavy atom. The predicted molar refractivity (Wildman–Crippen MR) is 124 cm³/mol. The molecule has 184 valence electrons. The number of nitrogens with zero attached hydrogens (tertiary/aromatic N) is 6. The molecule has 1 aromatic carbocycles. The summed E-state index contributed by atoms with van der Waals surface area (Å²) in [5.74, 6) is 0.517. The smallest absolute Gasteiger partial charge is 0.243 e. The Balaban J connectivity index is 1.79. The molecule has 4 rings (SSSR count). The molecule has 4 aromatic rings. The van der Waals surface area contributed by atoms with Crippen molar-refractivity contribution in [3.63, 3.8) is 0 Å². The molecular weight excluding hydrogens is 479 g/mol. The predicted octanol–water partition coefficient (Wildman–Crippen LogP) is 2.29. The summed E-state index contributed by atoms with van der Waals surface area (Å²) < 4.78 is 54.5. The van der Waals surface area contributed by atoms with Crippen LogP contribution >= 0.6 is 0 Å². The second-order valence-corrected chi connectivity index (χ2v) is 9.71. The summed E-state index contributed by atoms with van der Waals surface area (Å²) in [7, 11) is -1.05. The van der Waals surface area contributed by atoms with Crippen molar-refractivity contribution in [2.24, 2.45) is 0 Å². The van der Waals surface area contributed by atoms with Crippen LogP contribution in [0.2, 0.25) is 0 Å². The van der Waals surface area contributed by atoms with Gasteiger partial charge >= 0.3 is 0 Å². The van der Waals surface area contributed by atoms with Crippen LogP contribution in [0.25, 0.3) is 17.2 Å². The van der Waals surface area contributed by atoms with Crippen LogP contribution in [0.5, 0.6) is 11.5 Å². The molecule has 0 unspecified atom stereocenters. The van der Waals surface area contributed by atoms with Crippen molar-refractivity contribution in [3.8, 4) is 28.7 Å². The Bertz CT molecular complexity index is 1410. The van der Waals surface area contributed by atoms with Crippen molar-refractivity contribution in [1.29, 1.82) is 0 Å². The Kier molecular flexibility index (Phi) is 6.64. The maximum atomic E-state index is 13.2. The molecule has 0 spiro atoms. The van der Waals surface area contributed by atoms with Gasteiger partial charge in [-0.2, -0.15) is 5.10 Å². The molecular formula is C21H23FN8O4S. The molecule has 0 radical (unpaired) electrons. The fourth-order valence-corrected chi connectivity index (χ4v) is 4.31. The van der Waals surface area contributed by atoms with Gasteiger partial charge in [0.15, 0.2) is 11.6 Å². The number of aromatic nitrogens is 7. The lowest BCUT2D eigenvalue weighted by molar-refractivity contribution is 0.391. The number of hydrogen-bond acceptors (Lipinski definition) is 9. The van der Waals surface area contributed by atoms with E-state index in [-0.39, 0.29) is 24.0 Å². The van der Waals surface area contributed by atoms with E-state index in [1.165, 1.54) is 25.7 Å². The number of ether oxygens (including phenoxy) is 2. The molecule has 0 aliphatic rings. The maximum absolute atomic E-state index is 13.2. The Morgan fingerprint density at radius 1 is 1.14 bits per heavy atom. The molecule has 0 fully saturated rings. The zero-order valence-electron chi connectivity index (χ0n) is 19.4. The zero-order valence-corrected chi connectivity index (χ0v) is 20.2. The van der Waals surface area contributed by atoms with Crippen molar-refractivity contribution in [1.82, 2.24) is 34.9 Å². The lowest BCUT2D eigenvalue weighted by Gasteiger charge is -2.18. The van der Waals surface area contributed by atoms with Crippen molar-refractivity contribution >= 4 is 16.0 Å². The summed E-state index contributed by atoms with van der Waals surface area (Å²) in [6, 6.07) is 6.88. The highest BCUT2D eigenvalue weighted by atomic mass is 32.2. The quantitative estimate of drug-likeness (QED) is 0.351. The monoisotopic (exact) mass is 502 g/mol. The van der Waals surface area contributed by atoms with E-state index in [2.05, 4.69) is 35.1 Å². The number of halogens is 1. The van der Waals surface area contributed by atoms with E-state index < -0.39 is 21.1 Å². The van der Waals surface area contributed by atoms with E-state index in [4.69, 9.17) is 9.47 Å². The summed E-state index contributed by atoms with van der Waals surface area (Å²) >= 11 is 0. The average molecular weight is 503 g/mol. The van der Waals surface area contributed by atoms with Gasteiger partial charge in [0.2, 0.25) is 16.0 Å². The number of rotatable bonds is 9. The zero-order chi connectivity index (χ0) is 25.2. The van der Waals surface area contributed by atoms with E-state index in [0.717, 1.165) is 18.1 Å². The first-order chi connectivity index (χ1) is 16.7. The van der Waals surface area contributed by atoms with E-state index in [0.29, 0.717) is 22.9 Å². The van der Waals surface area contributed by atoms with Crippen LogP contribution < -0.4 is 14.2 Å². The summed E-state index contributed by atoms with van der Waals surface area (Å²) in [5, 5.41) is 14.4. The molecule has 35 heavy (non-hydrogen) atoms. The molecule has 14 heteroatoms. The van der Waals surface area contributed by atoms with Crippen LogP contribution in [-0.4, -0.2) is 62.8 Å². The first kappa shape index (κ1) is 24.1. The topological polar surface area (TPSA) is 150 Å². The number of H-pyrrole nitrogens is 1. The number of methoxy groups -OCH3 is 2. The van der Waals surface area contributed by atoms with Crippen LogP contribution in [0.4, 0.5) is 10.3 Å². The third-order valence-corrected chi connectivity index (χ3v) is 6.82. The normalized spacial score (nSPS) is 12.4. The average Bonchev–Trinajstić information content (AvgIpc) is 3.45. The second kappa shape index (κ2) is 9.66.